The number of benzene rings is 2. The Hall–Kier alpha value is -3.05. The minimum atomic E-state index is -4.66. The van der Waals surface area contributed by atoms with Gasteiger partial charge in [-0.15, -0.1) is 0 Å². The molecular weight excluding hydrogens is 401 g/mol. The molecule has 0 saturated heterocycles. The second kappa shape index (κ2) is 8.31. The Kier molecular flexibility index (Phi) is 6.31. The quantitative estimate of drug-likeness (QED) is 0.381. The highest BCUT2D eigenvalue weighted by molar-refractivity contribution is 7.92. The van der Waals surface area contributed by atoms with E-state index in [1.807, 2.05) is 0 Å². The van der Waals surface area contributed by atoms with Crippen molar-refractivity contribution >= 4 is 27.7 Å². The van der Waals surface area contributed by atoms with Gasteiger partial charge in [0.25, 0.3) is 15.9 Å². The lowest BCUT2D eigenvalue weighted by molar-refractivity contribution is -0.137. The van der Waals surface area contributed by atoms with Gasteiger partial charge in [-0.1, -0.05) is 12.1 Å². The van der Waals surface area contributed by atoms with Crippen LogP contribution in [0.5, 0.6) is 5.75 Å². The van der Waals surface area contributed by atoms with Crippen molar-refractivity contribution in [2.24, 2.45) is 0 Å². The number of sulfonamides is 1. The van der Waals surface area contributed by atoms with Crippen molar-refractivity contribution in [1.29, 1.82) is 0 Å². The van der Waals surface area contributed by atoms with E-state index in [1.54, 1.807) is 0 Å². The van der Waals surface area contributed by atoms with Crippen molar-refractivity contribution < 1.29 is 36.3 Å². The second-order valence-electron chi connectivity index (χ2n) is 5.40. The number of hydroxylamine groups is 1. The zero-order chi connectivity index (χ0) is 20.9. The summed E-state index contributed by atoms with van der Waals surface area (Å²) in [6.07, 6.45) is -2.45. The van der Waals surface area contributed by atoms with Crippen molar-refractivity contribution in [2.45, 2.75) is 11.1 Å². The van der Waals surface area contributed by atoms with Crippen molar-refractivity contribution in [2.75, 3.05) is 11.8 Å². The molecule has 150 valence electrons. The molecule has 28 heavy (non-hydrogen) atoms. The number of carbonyl (C=O) groups is 1. The van der Waals surface area contributed by atoms with Gasteiger partial charge >= 0.3 is 6.18 Å². The summed E-state index contributed by atoms with van der Waals surface area (Å²) in [7, 11) is -3.06. The average Bonchev–Trinajstić information content (AvgIpc) is 2.65. The van der Waals surface area contributed by atoms with Crippen molar-refractivity contribution in [3.8, 4) is 5.75 Å². The first kappa shape index (κ1) is 21.3. The zero-order valence-corrected chi connectivity index (χ0v) is 15.1. The SMILES string of the molecule is COc1ccc(C(F)(F)F)cc1NS(=O)(=O)c1cccc(/C=C/C(=O)NO)c1. The highest BCUT2D eigenvalue weighted by Crippen LogP contribution is 2.35. The number of amides is 1. The maximum Gasteiger partial charge on any atom is 0.416 e. The number of anilines is 1. The van der Waals surface area contributed by atoms with Gasteiger partial charge in [0.15, 0.2) is 0 Å². The summed E-state index contributed by atoms with van der Waals surface area (Å²) in [6, 6.07) is 7.71. The van der Waals surface area contributed by atoms with Crippen LogP contribution in [0, 0.1) is 0 Å². The number of hydrogen-bond acceptors (Lipinski definition) is 5. The molecule has 0 fully saturated rings. The van der Waals surface area contributed by atoms with Gasteiger partial charge in [0.05, 0.1) is 23.3 Å². The number of nitrogens with one attached hydrogen (secondary N) is 2. The molecule has 0 heterocycles. The topological polar surface area (TPSA) is 105 Å². The van der Waals surface area contributed by atoms with Gasteiger partial charge in [-0.05, 0) is 42.0 Å². The summed E-state index contributed by atoms with van der Waals surface area (Å²) in [5.41, 5.74) is 0.268. The van der Waals surface area contributed by atoms with Crippen LogP contribution in [0.4, 0.5) is 18.9 Å². The Bertz CT molecular complexity index is 1000. The van der Waals surface area contributed by atoms with Crippen LogP contribution in [0.3, 0.4) is 0 Å². The maximum absolute atomic E-state index is 12.9. The predicted molar refractivity (Wildman–Crippen MR) is 94.2 cm³/mol. The van der Waals surface area contributed by atoms with E-state index in [1.165, 1.54) is 42.9 Å². The molecule has 0 saturated carbocycles. The third-order valence-corrected chi connectivity index (χ3v) is 4.84. The molecule has 3 N–H and O–H groups in total. The Labute approximate surface area is 158 Å². The van der Waals surface area contributed by atoms with E-state index in [4.69, 9.17) is 9.94 Å². The fourth-order valence-electron chi connectivity index (χ4n) is 2.16. The predicted octanol–water partition coefficient (Wildman–Crippen LogP) is 3.03. The van der Waals surface area contributed by atoms with E-state index < -0.39 is 27.7 Å². The Morgan fingerprint density at radius 2 is 1.89 bits per heavy atom. The molecule has 0 unspecified atom stereocenters. The second-order valence-corrected chi connectivity index (χ2v) is 7.08. The van der Waals surface area contributed by atoms with Crippen LogP contribution in [0.2, 0.25) is 0 Å². The standard InChI is InChI=1S/C17H15F3N2O5S/c1-27-15-7-6-12(17(18,19)20)10-14(15)22-28(25,26)13-4-2-3-11(9-13)5-8-16(23)21-24/h2-10,22,24H,1H3,(H,21,23)/b8-5+. The summed E-state index contributed by atoms with van der Waals surface area (Å²) in [5.74, 6) is -0.910. The molecule has 11 heteroatoms. The fourth-order valence-corrected chi connectivity index (χ4v) is 3.28. The van der Waals surface area contributed by atoms with Crippen LogP contribution in [0.15, 0.2) is 53.4 Å². The lowest BCUT2D eigenvalue weighted by atomic mass is 10.2. The lowest BCUT2D eigenvalue weighted by Crippen LogP contribution is -2.15. The number of ether oxygens (including phenoxy) is 1. The van der Waals surface area contributed by atoms with E-state index in [9.17, 15) is 26.4 Å². The number of methoxy groups -OCH3 is 1. The highest BCUT2D eigenvalue weighted by Gasteiger charge is 2.31. The van der Waals surface area contributed by atoms with E-state index in [-0.39, 0.29) is 16.3 Å². The van der Waals surface area contributed by atoms with Crippen LogP contribution in [0.1, 0.15) is 11.1 Å². The number of carbonyl (C=O) groups excluding carboxylic acids is 1. The monoisotopic (exact) mass is 416 g/mol. The number of hydrogen-bond donors (Lipinski definition) is 3. The molecule has 0 aliphatic heterocycles. The van der Waals surface area contributed by atoms with E-state index >= 15 is 0 Å². The molecule has 1 amide bonds. The minimum Gasteiger partial charge on any atom is -0.495 e. The molecule has 0 atom stereocenters. The molecule has 0 radical (unpaired) electrons. The van der Waals surface area contributed by atoms with E-state index in [0.717, 1.165) is 18.2 Å². The van der Waals surface area contributed by atoms with E-state index in [0.29, 0.717) is 11.6 Å². The van der Waals surface area contributed by atoms with E-state index in [2.05, 4.69) is 4.72 Å². The van der Waals surface area contributed by atoms with Crippen LogP contribution < -0.4 is 14.9 Å². The fraction of sp³-hybridized carbons (Fsp3) is 0.118. The van der Waals surface area contributed by atoms with Gasteiger partial charge < -0.3 is 4.74 Å². The molecule has 7 nitrogen and oxygen atoms in total. The molecule has 2 aromatic carbocycles. The van der Waals surface area contributed by atoms with Crippen LogP contribution in [0.25, 0.3) is 6.08 Å². The zero-order valence-electron chi connectivity index (χ0n) is 14.3. The third-order valence-electron chi connectivity index (χ3n) is 3.48. The molecule has 0 spiro atoms. The Morgan fingerprint density at radius 3 is 2.50 bits per heavy atom. The number of alkyl halides is 3. The van der Waals surface area contributed by atoms with Gasteiger partial charge in [-0.2, -0.15) is 13.2 Å². The average molecular weight is 416 g/mol. The number of halogens is 3. The first-order valence-corrected chi connectivity index (χ1v) is 9.05. The lowest BCUT2D eigenvalue weighted by Gasteiger charge is -2.15. The van der Waals surface area contributed by atoms with Crippen LogP contribution >= 0.6 is 0 Å². The Morgan fingerprint density at radius 1 is 1.18 bits per heavy atom. The minimum absolute atomic E-state index is 0.0905. The van der Waals surface area contributed by atoms with Crippen LogP contribution in [-0.2, 0) is 21.0 Å². The third kappa shape index (κ3) is 5.24. The molecule has 0 bridgehead atoms. The maximum atomic E-state index is 12.9. The number of rotatable bonds is 6. The molecular formula is C17H15F3N2O5S. The summed E-state index contributed by atoms with van der Waals surface area (Å²) in [4.78, 5) is 10.8. The van der Waals surface area contributed by atoms with Crippen molar-refractivity contribution in [1.82, 2.24) is 5.48 Å². The first-order valence-electron chi connectivity index (χ1n) is 7.57. The summed E-state index contributed by atoms with van der Waals surface area (Å²) < 4.78 is 70.9. The first-order chi connectivity index (χ1) is 13.1. The molecule has 0 aromatic heterocycles. The van der Waals surface area contributed by atoms with Gasteiger partial charge in [-0.25, -0.2) is 13.9 Å². The normalized spacial score (nSPS) is 12.0. The summed E-state index contributed by atoms with van der Waals surface area (Å²) in [6.45, 7) is 0. The molecule has 2 aromatic rings. The van der Waals surface area contributed by atoms with Gasteiger partial charge in [-0.3, -0.25) is 14.7 Å². The van der Waals surface area contributed by atoms with Crippen LogP contribution in [-0.4, -0.2) is 26.6 Å². The molecule has 2 rings (SSSR count). The van der Waals surface area contributed by atoms with Gasteiger partial charge in [0.2, 0.25) is 0 Å². The summed E-state index contributed by atoms with van der Waals surface area (Å²) >= 11 is 0. The largest absolute Gasteiger partial charge is 0.495 e. The highest BCUT2D eigenvalue weighted by atomic mass is 32.2. The van der Waals surface area contributed by atoms with Gasteiger partial charge in [0, 0.05) is 6.08 Å². The van der Waals surface area contributed by atoms with Gasteiger partial charge in [0.1, 0.15) is 5.75 Å². The van der Waals surface area contributed by atoms with Crippen molar-refractivity contribution in [3.63, 3.8) is 0 Å². The molecule has 0 aliphatic rings. The Balaban J connectivity index is 2.39. The smallest absolute Gasteiger partial charge is 0.416 e. The molecule has 0 aliphatic carbocycles. The van der Waals surface area contributed by atoms with Crippen molar-refractivity contribution in [3.05, 3.63) is 59.7 Å². The summed E-state index contributed by atoms with van der Waals surface area (Å²) in [5, 5.41) is 8.44.